The van der Waals surface area contributed by atoms with Crippen LogP contribution in [-0.4, -0.2) is 10.4 Å². The summed E-state index contributed by atoms with van der Waals surface area (Å²) in [6.45, 7) is 3.36. The number of nitrogens with zero attached hydrogens (tertiary/aromatic N) is 1. The SMILES string of the molecule is CC1CCCC(NCc2ccns2)C1. The Morgan fingerprint density at radius 1 is 1.57 bits per heavy atom. The van der Waals surface area contributed by atoms with E-state index in [-0.39, 0.29) is 0 Å². The third-order valence-corrected chi connectivity index (χ3v) is 3.73. The molecule has 2 nitrogen and oxygen atoms in total. The fourth-order valence-electron chi connectivity index (χ4n) is 2.20. The number of nitrogens with one attached hydrogen (secondary N) is 1. The lowest BCUT2D eigenvalue weighted by Crippen LogP contribution is -2.32. The van der Waals surface area contributed by atoms with Gasteiger partial charge in [-0.2, -0.15) is 0 Å². The van der Waals surface area contributed by atoms with Crippen molar-refractivity contribution in [1.82, 2.24) is 9.69 Å². The van der Waals surface area contributed by atoms with E-state index in [0.29, 0.717) is 0 Å². The van der Waals surface area contributed by atoms with E-state index < -0.39 is 0 Å². The summed E-state index contributed by atoms with van der Waals surface area (Å²) < 4.78 is 4.10. The molecule has 1 aromatic heterocycles. The van der Waals surface area contributed by atoms with Crippen molar-refractivity contribution in [3.63, 3.8) is 0 Å². The summed E-state index contributed by atoms with van der Waals surface area (Å²) in [5, 5.41) is 3.62. The molecule has 0 amide bonds. The van der Waals surface area contributed by atoms with Crippen molar-refractivity contribution in [2.24, 2.45) is 5.92 Å². The van der Waals surface area contributed by atoms with Crippen LogP contribution in [0, 0.1) is 5.92 Å². The standard InChI is InChI=1S/C11H18N2S/c1-9-3-2-4-10(7-9)12-8-11-5-6-13-14-11/h5-6,9-10,12H,2-4,7-8H2,1H3. The van der Waals surface area contributed by atoms with Crippen molar-refractivity contribution >= 4 is 11.5 Å². The molecular weight excluding hydrogens is 192 g/mol. The lowest BCUT2D eigenvalue weighted by atomic mass is 9.87. The van der Waals surface area contributed by atoms with Crippen LogP contribution in [0.4, 0.5) is 0 Å². The molecule has 0 bridgehead atoms. The summed E-state index contributed by atoms with van der Waals surface area (Å²) in [6, 6.07) is 2.84. The second-order valence-electron chi connectivity index (χ2n) is 4.33. The molecule has 1 aliphatic carbocycles. The number of rotatable bonds is 3. The average molecular weight is 210 g/mol. The van der Waals surface area contributed by atoms with Gasteiger partial charge >= 0.3 is 0 Å². The van der Waals surface area contributed by atoms with Gasteiger partial charge in [0.15, 0.2) is 0 Å². The lowest BCUT2D eigenvalue weighted by molar-refractivity contribution is 0.301. The van der Waals surface area contributed by atoms with Crippen LogP contribution in [0.1, 0.15) is 37.5 Å². The summed E-state index contributed by atoms with van der Waals surface area (Å²) in [5.74, 6) is 0.905. The Kier molecular flexibility index (Phi) is 3.54. The lowest BCUT2D eigenvalue weighted by Gasteiger charge is -2.27. The van der Waals surface area contributed by atoms with Crippen LogP contribution >= 0.6 is 11.5 Å². The predicted octanol–water partition coefficient (Wildman–Crippen LogP) is 2.81. The maximum atomic E-state index is 4.10. The highest BCUT2D eigenvalue weighted by Gasteiger charge is 2.17. The molecule has 1 aromatic rings. The van der Waals surface area contributed by atoms with Gasteiger partial charge in [0, 0.05) is 23.7 Å². The molecule has 0 radical (unpaired) electrons. The number of hydrogen-bond donors (Lipinski definition) is 1. The molecule has 0 saturated heterocycles. The van der Waals surface area contributed by atoms with E-state index >= 15 is 0 Å². The van der Waals surface area contributed by atoms with Gasteiger partial charge in [-0.3, -0.25) is 0 Å². The van der Waals surface area contributed by atoms with E-state index in [1.165, 1.54) is 30.6 Å². The third-order valence-electron chi connectivity index (χ3n) is 2.99. The highest BCUT2D eigenvalue weighted by molar-refractivity contribution is 7.05. The molecule has 1 N–H and O–H groups in total. The van der Waals surface area contributed by atoms with Crippen molar-refractivity contribution in [2.75, 3.05) is 0 Å². The molecule has 1 fully saturated rings. The first-order valence-electron chi connectivity index (χ1n) is 5.47. The van der Waals surface area contributed by atoms with Gasteiger partial charge in [-0.05, 0) is 36.4 Å². The topological polar surface area (TPSA) is 24.9 Å². The van der Waals surface area contributed by atoms with Crippen molar-refractivity contribution in [3.8, 4) is 0 Å². The van der Waals surface area contributed by atoms with Gasteiger partial charge in [0.05, 0.1) is 0 Å². The minimum atomic E-state index is 0.737. The molecule has 3 heteroatoms. The molecule has 1 aliphatic rings. The Labute approximate surface area is 89.9 Å². The van der Waals surface area contributed by atoms with Gasteiger partial charge in [-0.25, -0.2) is 4.37 Å². The first-order chi connectivity index (χ1) is 6.84. The fourth-order valence-corrected chi connectivity index (χ4v) is 2.72. The van der Waals surface area contributed by atoms with Crippen LogP contribution in [0.3, 0.4) is 0 Å². The van der Waals surface area contributed by atoms with E-state index in [1.807, 2.05) is 6.20 Å². The van der Waals surface area contributed by atoms with Crippen LogP contribution in [0.5, 0.6) is 0 Å². The Hall–Kier alpha value is -0.410. The van der Waals surface area contributed by atoms with E-state index in [1.54, 1.807) is 11.5 Å². The fraction of sp³-hybridized carbons (Fsp3) is 0.727. The van der Waals surface area contributed by atoms with Gasteiger partial charge in [-0.1, -0.05) is 19.8 Å². The van der Waals surface area contributed by atoms with Crippen LogP contribution in [-0.2, 0) is 6.54 Å². The summed E-state index contributed by atoms with van der Waals surface area (Å²) in [6.07, 6.45) is 7.38. The first kappa shape index (κ1) is 10.1. The normalized spacial score (nSPS) is 27.8. The highest BCUT2D eigenvalue weighted by Crippen LogP contribution is 2.23. The van der Waals surface area contributed by atoms with Gasteiger partial charge in [0.1, 0.15) is 0 Å². The molecule has 2 rings (SSSR count). The first-order valence-corrected chi connectivity index (χ1v) is 6.25. The van der Waals surface area contributed by atoms with E-state index in [0.717, 1.165) is 18.5 Å². The Morgan fingerprint density at radius 2 is 2.50 bits per heavy atom. The van der Waals surface area contributed by atoms with Gasteiger partial charge < -0.3 is 5.32 Å². The predicted molar refractivity (Wildman–Crippen MR) is 60.4 cm³/mol. The minimum absolute atomic E-state index is 0.737. The molecule has 2 unspecified atom stereocenters. The molecule has 0 aliphatic heterocycles. The van der Waals surface area contributed by atoms with Crippen LogP contribution in [0.15, 0.2) is 12.3 Å². The zero-order chi connectivity index (χ0) is 9.80. The largest absolute Gasteiger partial charge is 0.309 e. The van der Waals surface area contributed by atoms with Crippen molar-refractivity contribution in [2.45, 2.75) is 45.2 Å². The average Bonchev–Trinajstić information content (AvgIpc) is 2.67. The second-order valence-corrected chi connectivity index (χ2v) is 5.25. The van der Waals surface area contributed by atoms with Gasteiger partial charge in [0.2, 0.25) is 0 Å². The molecule has 2 atom stereocenters. The summed E-state index contributed by atoms with van der Waals surface area (Å²) in [4.78, 5) is 1.35. The molecule has 78 valence electrons. The van der Waals surface area contributed by atoms with Crippen LogP contribution < -0.4 is 5.32 Å². The quantitative estimate of drug-likeness (QED) is 0.830. The van der Waals surface area contributed by atoms with Crippen molar-refractivity contribution in [1.29, 1.82) is 0 Å². The Balaban J connectivity index is 1.75. The molecule has 1 heterocycles. The monoisotopic (exact) mass is 210 g/mol. The van der Waals surface area contributed by atoms with E-state index in [4.69, 9.17) is 0 Å². The van der Waals surface area contributed by atoms with Crippen LogP contribution in [0.25, 0.3) is 0 Å². The zero-order valence-corrected chi connectivity index (χ0v) is 9.52. The summed E-state index contributed by atoms with van der Waals surface area (Å²) >= 11 is 1.60. The molecular formula is C11H18N2S. The Morgan fingerprint density at radius 3 is 3.21 bits per heavy atom. The third kappa shape index (κ3) is 2.79. The smallest absolute Gasteiger partial charge is 0.0410 e. The molecule has 14 heavy (non-hydrogen) atoms. The maximum Gasteiger partial charge on any atom is 0.0410 e. The van der Waals surface area contributed by atoms with E-state index in [2.05, 4.69) is 22.7 Å². The van der Waals surface area contributed by atoms with E-state index in [9.17, 15) is 0 Å². The minimum Gasteiger partial charge on any atom is -0.309 e. The summed E-state index contributed by atoms with van der Waals surface area (Å²) in [5.41, 5.74) is 0. The maximum absolute atomic E-state index is 4.10. The Bertz CT molecular complexity index is 258. The van der Waals surface area contributed by atoms with Gasteiger partial charge in [-0.15, -0.1) is 0 Å². The van der Waals surface area contributed by atoms with Crippen molar-refractivity contribution in [3.05, 3.63) is 17.1 Å². The molecule has 1 saturated carbocycles. The second kappa shape index (κ2) is 4.89. The molecule has 0 aromatic carbocycles. The van der Waals surface area contributed by atoms with Gasteiger partial charge in [0.25, 0.3) is 0 Å². The van der Waals surface area contributed by atoms with Crippen molar-refractivity contribution < 1.29 is 0 Å². The highest BCUT2D eigenvalue weighted by atomic mass is 32.1. The zero-order valence-electron chi connectivity index (χ0n) is 8.70. The van der Waals surface area contributed by atoms with Crippen LogP contribution in [0.2, 0.25) is 0 Å². The number of hydrogen-bond acceptors (Lipinski definition) is 3. The summed E-state index contributed by atoms with van der Waals surface area (Å²) in [7, 11) is 0. The number of aromatic nitrogens is 1. The molecule has 0 spiro atoms.